The van der Waals surface area contributed by atoms with Gasteiger partial charge in [0.1, 0.15) is 22.8 Å². The van der Waals surface area contributed by atoms with Gasteiger partial charge in [-0.2, -0.15) is 0 Å². The van der Waals surface area contributed by atoms with Crippen molar-refractivity contribution in [2.75, 3.05) is 14.1 Å². The molecule has 4 aliphatic rings. The minimum Gasteiger partial charge on any atom is -0.508 e. The molecule has 0 aliphatic heterocycles. The quantitative estimate of drug-likeness (QED) is 0.278. The second-order valence-corrected chi connectivity index (χ2v) is 12.1. The second-order valence-electron chi connectivity index (χ2n) is 12.1. The van der Waals surface area contributed by atoms with Crippen molar-refractivity contribution in [1.29, 1.82) is 0 Å². The fourth-order valence-electron chi connectivity index (χ4n) is 7.56. The Morgan fingerprint density at radius 1 is 1.19 bits per heavy atom. The third-order valence-corrected chi connectivity index (χ3v) is 9.57. The van der Waals surface area contributed by atoms with Crippen molar-refractivity contribution in [3.8, 4) is 16.9 Å². The van der Waals surface area contributed by atoms with Gasteiger partial charge < -0.3 is 35.9 Å². The van der Waals surface area contributed by atoms with E-state index in [1.165, 1.54) is 11.2 Å². The summed E-state index contributed by atoms with van der Waals surface area (Å²) < 4.78 is 5.35. The van der Waals surface area contributed by atoms with Gasteiger partial charge in [0.05, 0.1) is 24.1 Å². The lowest BCUT2D eigenvalue weighted by Crippen LogP contribution is -2.65. The average molecular weight is 578 g/mol. The van der Waals surface area contributed by atoms with Crippen LogP contribution in [0.4, 0.5) is 0 Å². The van der Waals surface area contributed by atoms with Crippen LogP contribution in [-0.4, -0.2) is 74.6 Å². The number of phenols is 1. The van der Waals surface area contributed by atoms with Crippen LogP contribution in [0, 0.1) is 11.8 Å². The third kappa shape index (κ3) is 4.02. The van der Waals surface area contributed by atoms with Gasteiger partial charge in [-0.3, -0.25) is 19.3 Å². The maximum Gasteiger partial charge on any atom is 0.255 e. The molecular formula is C31H35N3O8. The summed E-state index contributed by atoms with van der Waals surface area (Å²) in [5, 5.41) is 49.6. The van der Waals surface area contributed by atoms with Crippen LogP contribution in [0.15, 0.2) is 46.0 Å². The van der Waals surface area contributed by atoms with E-state index >= 15 is 0 Å². The molecule has 4 atom stereocenters. The number of ketones is 2. The highest BCUT2D eigenvalue weighted by atomic mass is 16.3. The number of aliphatic hydroxyl groups is 3. The van der Waals surface area contributed by atoms with Crippen LogP contribution in [0.3, 0.4) is 0 Å². The number of carbonyl (C=O) groups is 3. The molecule has 2 fully saturated rings. The number of amides is 1. The molecule has 1 aromatic heterocycles. The molecule has 2 aromatic rings. The zero-order valence-electron chi connectivity index (χ0n) is 23.5. The monoisotopic (exact) mass is 577 g/mol. The van der Waals surface area contributed by atoms with Crippen molar-refractivity contribution in [3.63, 3.8) is 0 Å². The van der Waals surface area contributed by atoms with Gasteiger partial charge in [0, 0.05) is 35.2 Å². The SMILES string of the molecule is CN(C)C1C(=O)C(C(N)=O)=C(O)[C@]2(O)C(=O)C3=C(O)c4c(O)c(CNC5CCCC5)cc(-c5ccoc5)c4C[C@@H]3C[C@H]12. The van der Waals surface area contributed by atoms with Gasteiger partial charge in [0.25, 0.3) is 5.91 Å². The molecule has 1 heterocycles. The number of furan rings is 1. The Balaban J connectivity index is 1.52. The highest BCUT2D eigenvalue weighted by Gasteiger charge is 2.64. The van der Waals surface area contributed by atoms with Crippen LogP contribution in [0.2, 0.25) is 0 Å². The summed E-state index contributed by atoms with van der Waals surface area (Å²) in [6.07, 6.45) is 7.67. The van der Waals surface area contributed by atoms with Gasteiger partial charge in [0.15, 0.2) is 11.4 Å². The summed E-state index contributed by atoms with van der Waals surface area (Å²) in [6, 6.07) is 2.82. The number of nitrogens with zero attached hydrogens (tertiary/aromatic N) is 1. The van der Waals surface area contributed by atoms with E-state index in [0.717, 1.165) is 36.8 Å². The number of primary amides is 1. The Morgan fingerprint density at radius 3 is 2.52 bits per heavy atom. The average Bonchev–Trinajstić information content (AvgIpc) is 3.65. The Morgan fingerprint density at radius 2 is 1.90 bits per heavy atom. The van der Waals surface area contributed by atoms with E-state index in [1.807, 2.05) is 6.07 Å². The van der Waals surface area contributed by atoms with Crippen molar-refractivity contribution >= 4 is 23.2 Å². The molecule has 42 heavy (non-hydrogen) atoms. The first-order chi connectivity index (χ1) is 20.0. The van der Waals surface area contributed by atoms with Gasteiger partial charge in [0.2, 0.25) is 5.78 Å². The van der Waals surface area contributed by atoms with Crippen molar-refractivity contribution in [2.24, 2.45) is 17.6 Å². The van der Waals surface area contributed by atoms with Crippen LogP contribution >= 0.6 is 0 Å². The molecule has 4 aliphatic carbocycles. The van der Waals surface area contributed by atoms with E-state index in [1.54, 1.807) is 26.4 Å². The summed E-state index contributed by atoms with van der Waals surface area (Å²) in [5.74, 6) is -6.64. The number of Topliss-reactive ketones (excluding diaryl/α,β-unsaturated/α-hetero) is 2. The standard InChI is InChI=1S/C31H35N3O8/c1-34(2)24-20-11-15-9-19-18(14-7-8-42-13-14)10-16(12-33-17-5-3-4-6-17)25(35)22(19)26(36)21(15)28(38)31(20,41)29(39)23(27(24)37)30(32)40/h7-8,10,13,15,17,20,24,33,35-36,39,41H,3-6,9,11-12H2,1-2H3,(H2,32,40)/t15-,20-,24?,31-/m1/s1. The first-order valence-corrected chi connectivity index (χ1v) is 14.2. The number of carbonyl (C=O) groups excluding carboxylic acids is 3. The lowest BCUT2D eigenvalue weighted by molar-refractivity contribution is -0.153. The number of rotatable bonds is 6. The van der Waals surface area contributed by atoms with Crippen LogP contribution in [0.1, 0.15) is 48.8 Å². The van der Waals surface area contributed by atoms with Crippen LogP contribution in [0.5, 0.6) is 5.75 Å². The topological polar surface area (TPSA) is 187 Å². The Hall–Kier alpha value is -3.93. The van der Waals surface area contributed by atoms with Gasteiger partial charge >= 0.3 is 0 Å². The summed E-state index contributed by atoms with van der Waals surface area (Å²) in [5.41, 5.74) is 4.39. The Bertz CT molecular complexity index is 1550. The van der Waals surface area contributed by atoms with Crippen molar-refractivity contribution < 1.29 is 39.2 Å². The summed E-state index contributed by atoms with van der Waals surface area (Å²) >= 11 is 0. The number of nitrogens with two attached hydrogens (primary N) is 1. The molecule has 1 aromatic carbocycles. The Kier molecular flexibility index (Phi) is 6.79. The fraction of sp³-hybridized carbons (Fsp3) is 0.452. The van der Waals surface area contributed by atoms with Gasteiger partial charge in [-0.1, -0.05) is 12.8 Å². The smallest absolute Gasteiger partial charge is 0.255 e. The highest BCUT2D eigenvalue weighted by molar-refractivity contribution is 6.24. The number of likely N-dealkylation sites (N-methyl/N-ethyl adjacent to an activating group) is 1. The first kappa shape index (κ1) is 28.2. The molecule has 1 amide bonds. The zero-order valence-corrected chi connectivity index (χ0v) is 23.5. The predicted octanol–water partition coefficient (Wildman–Crippen LogP) is 2.26. The molecule has 0 saturated heterocycles. The number of nitrogens with one attached hydrogen (secondary N) is 1. The summed E-state index contributed by atoms with van der Waals surface area (Å²) in [6.45, 7) is 0.332. The highest BCUT2D eigenvalue weighted by Crippen LogP contribution is 2.54. The lowest BCUT2D eigenvalue weighted by Gasteiger charge is -2.50. The van der Waals surface area contributed by atoms with E-state index in [4.69, 9.17) is 10.2 Å². The number of fused-ring (bicyclic) bond motifs is 3. The molecule has 0 radical (unpaired) electrons. The van der Waals surface area contributed by atoms with Gasteiger partial charge in [-0.15, -0.1) is 0 Å². The second kappa shape index (κ2) is 10.1. The summed E-state index contributed by atoms with van der Waals surface area (Å²) in [7, 11) is 3.15. The molecule has 7 N–H and O–H groups in total. The molecule has 0 spiro atoms. The number of benzene rings is 1. The molecule has 0 bridgehead atoms. The van der Waals surface area contributed by atoms with Crippen molar-refractivity contribution in [1.82, 2.24) is 10.2 Å². The van der Waals surface area contributed by atoms with Crippen LogP contribution in [0.25, 0.3) is 16.9 Å². The molecular weight excluding hydrogens is 542 g/mol. The number of aromatic hydroxyl groups is 1. The number of aliphatic hydroxyl groups excluding tert-OH is 2. The summed E-state index contributed by atoms with van der Waals surface area (Å²) in [4.78, 5) is 41.1. The molecule has 1 unspecified atom stereocenters. The van der Waals surface area contributed by atoms with Gasteiger partial charge in [-0.25, -0.2) is 0 Å². The largest absolute Gasteiger partial charge is 0.508 e. The minimum absolute atomic E-state index is 0.0301. The van der Waals surface area contributed by atoms with E-state index in [0.29, 0.717) is 23.7 Å². The maximum atomic E-state index is 14.1. The van der Waals surface area contributed by atoms with E-state index in [9.17, 15) is 34.8 Å². The predicted molar refractivity (Wildman–Crippen MR) is 151 cm³/mol. The number of hydrogen-bond donors (Lipinski definition) is 6. The van der Waals surface area contributed by atoms with Gasteiger partial charge in [-0.05, 0) is 69.0 Å². The normalized spacial score (nSPS) is 27.9. The fourth-order valence-corrected chi connectivity index (χ4v) is 7.56. The van der Waals surface area contributed by atoms with Crippen molar-refractivity contribution in [3.05, 3.63) is 58.3 Å². The molecule has 222 valence electrons. The van der Waals surface area contributed by atoms with Crippen molar-refractivity contribution in [2.45, 2.75) is 62.8 Å². The molecule has 11 heteroatoms. The number of hydrogen-bond acceptors (Lipinski definition) is 10. The van der Waals surface area contributed by atoms with E-state index in [2.05, 4.69) is 5.32 Å². The molecule has 11 nitrogen and oxygen atoms in total. The lowest BCUT2D eigenvalue weighted by atomic mass is 9.57. The van der Waals surface area contributed by atoms with E-state index < -0.39 is 58.0 Å². The van der Waals surface area contributed by atoms with E-state index in [-0.39, 0.29) is 29.7 Å². The maximum absolute atomic E-state index is 14.1. The van der Waals surface area contributed by atoms with Crippen LogP contribution in [-0.2, 0) is 27.3 Å². The van der Waals surface area contributed by atoms with Crippen LogP contribution < -0.4 is 11.1 Å². The first-order valence-electron chi connectivity index (χ1n) is 14.2. The minimum atomic E-state index is -2.67. The third-order valence-electron chi connectivity index (χ3n) is 9.57. The Labute approximate surface area is 242 Å². The number of phenolic OH excluding ortho intramolecular Hbond substituents is 1. The zero-order chi connectivity index (χ0) is 30.1. The molecule has 2 saturated carbocycles. The molecule has 6 rings (SSSR count).